The van der Waals surface area contributed by atoms with E-state index in [-0.39, 0.29) is 13.2 Å². The molecule has 0 radical (unpaired) electrons. The maximum atomic E-state index is 13.8. The van der Waals surface area contributed by atoms with Gasteiger partial charge in [-0.25, -0.2) is 13.2 Å². The number of rotatable bonds is 8. The zero-order chi connectivity index (χ0) is 23.3. The van der Waals surface area contributed by atoms with Crippen molar-refractivity contribution in [2.24, 2.45) is 0 Å². The summed E-state index contributed by atoms with van der Waals surface area (Å²) in [6, 6.07) is 8.30. The van der Waals surface area contributed by atoms with Gasteiger partial charge in [-0.2, -0.15) is 0 Å². The zero-order valence-corrected chi connectivity index (χ0v) is 17.8. The Hall–Kier alpha value is -3.33. The highest BCUT2D eigenvalue weighted by atomic mass is 35.5. The second-order valence-corrected chi connectivity index (χ2v) is 7.23. The predicted octanol–water partition coefficient (Wildman–Crippen LogP) is 4.56. The van der Waals surface area contributed by atoms with E-state index >= 15 is 0 Å². The monoisotopic (exact) mass is 465 g/mol. The van der Waals surface area contributed by atoms with Gasteiger partial charge in [0.25, 0.3) is 5.91 Å². The van der Waals surface area contributed by atoms with E-state index in [1.54, 1.807) is 30.5 Å². The number of amides is 2. The second-order valence-electron chi connectivity index (χ2n) is 6.82. The van der Waals surface area contributed by atoms with Crippen LogP contribution in [0.5, 0.6) is 5.75 Å². The van der Waals surface area contributed by atoms with E-state index < -0.39 is 41.5 Å². The zero-order valence-electron chi connectivity index (χ0n) is 17.0. The molecule has 1 N–H and O–H groups in total. The lowest BCUT2D eigenvalue weighted by Gasteiger charge is -2.22. The first kappa shape index (κ1) is 23.3. The summed E-state index contributed by atoms with van der Waals surface area (Å²) in [7, 11) is 0. The molecule has 0 aliphatic carbocycles. The molecule has 0 fully saturated rings. The first-order chi connectivity index (χ1) is 15.3. The Morgan fingerprint density at radius 3 is 2.66 bits per heavy atom. The van der Waals surface area contributed by atoms with Crippen molar-refractivity contribution in [3.63, 3.8) is 0 Å². The number of fused-ring (bicyclic) bond motifs is 1. The average Bonchev–Trinajstić information content (AvgIpc) is 2.79. The van der Waals surface area contributed by atoms with Crippen molar-refractivity contribution in [1.82, 2.24) is 9.88 Å². The van der Waals surface area contributed by atoms with Crippen molar-refractivity contribution in [2.75, 3.05) is 25.0 Å². The lowest BCUT2D eigenvalue weighted by Crippen LogP contribution is -2.41. The highest BCUT2D eigenvalue weighted by molar-refractivity contribution is 6.35. The SMILES string of the molecule is CCCN(CC(=O)Nc1ccc(F)c(F)c1F)C(=O)COc1ccc(Cl)c2cccnc12. The second kappa shape index (κ2) is 10.3. The Labute approximate surface area is 186 Å². The third-order valence-corrected chi connectivity index (χ3v) is 4.85. The molecule has 0 spiro atoms. The number of hydrogen-bond donors (Lipinski definition) is 1. The van der Waals surface area contributed by atoms with Crippen LogP contribution in [0.1, 0.15) is 13.3 Å². The summed E-state index contributed by atoms with van der Waals surface area (Å²) in [6.07, 6.45) is 2.11. The van der Waals surface area contributed by atoms with Crippen molar-refractivity contribution in [2.45, 2.75) is 13.3 Å². The first-order valence-corrected chi connectivity index (χ1v) is 10.1. The van der Waals surface area contributed by atoms with Gasteiger partial charge >= 0.3 is 0 Å². The molecule has 3 aromatic rings. The van der Waals surface area contributed by atoms with E-state index in [4.69, 9.17) is 16.3 Å². The van der Waals surface area contributed by atoms with Gasteiger partial charge in [0.2, 0.25) is 5.91 Å². The quantitative estimate of drug-likeness (QED) is 0.495. The van der Waals surface area contributed by atoms with Gasteiger partial charge in [-0.05, 0) is 42.8 Å². The highest BCUT2D eigenvalue weighted by Gasteiger charge is 2.20. The Morgan fingerprint density at radius 1 is 1.12 bits per heavy atom. The molecule has 0 atom stereocenters. The summed E-state index contributed by atoms with van der Waals surface area (Å²) in [4.78, 5) is 30.4. The predicted molar refractivity (Wildman–Crippen MR) is 114 cm³/mol. The van der Waals surface area contributed by atoms with E-state index in [2.05, 4.69) is 10.3 Å². The van der Waals surface area contributed by atoms with Crippen molar-refractivity contribution in [1.29, 1.82) is 0 Å². The fraction of sp³-hybridized carbons (Fsp3) is 0.227. The van der Waals surface area contributed by atoms with Crippen molar-refractivity contribution >= 4 is 40.0 Å². The highest BCUT2D eigenvalue weighted by Crippen LogP contribution is 2.29. The summed E-state index contributed by atoms with van der Waals surface area (Å²) < 4.78 is 45.8. The van der Waals surface area contributed by atoms with Crippen LogP contribution in [0.3, 0.4) is 0 Å². The van der Waals surface area contributed by atoms with E-state index in [0.29, 0.717) is 34.2 Å². The van der Waals surface area contributed by atoms with Gasteiger partial charge in [0.15, 0.2) is 24.1 Å². The number of halogens is 4. The summed E-state index contributed by atoms with van der Waals surface area (Å²) >= 11 is 6.15. The van der Waals surface area contributed by atoms with Crippen LogP contribution in [0.4, 0.5) is 18.9 Å². The van der Waals surface area contributed by atoms with Crippen LogP contribution >= 0.6 is 11.6 Å². The van der Waals surface area contributed by atoms with Gasteiger partial charge in [-0.1, -0.05) is 18.5 Å². The molecule has 3 rings (SSSR count). The van der Waals surface area contributed by atoms with Crippen molar-refractivity contribution in [3.8, 4) is 5.75 Å². The van der Waals surface area contributed by atoms with Gasteiger partial charge in [-0.3, -0.25) is 14.6 Å². The minimum atomic E-state index is -1.69. The standard InChI is InChI=1S/C22H19ClF3N3O3/c1-2-10-29(11-18(30)28-16-7-6-15(24)20(25)21(16)26)19(31)12-32-17-8-5-14(23)13-4-3-9-27-22(13)17/h3-9H,2,10-12H2,1H3,(H,28,30). The van der Waals surface area contributed by atoms with Crippen LogP contribution in [-0.2, 0) is 9.59 Å². The number of carbonyl (C=O) groups excluding carboxylic acids is 2. The average molecular weight is 466 g/mol. The van der Waals surface area contributed by atoms with Gasteiger partial charge in [0.05, 0.1) is 17.3 Å². The number of nitrogens with zero attached hydrogens (tertiary/aromatic N) is 2. The number of pyridine rings is 1. The lowest BCUT2D eigenvalue weighted by atomic mass is 10.2. The fourth-order valence-corrected chi connectivity index (χ4v) is 3.22. The molecule has 0 aliphatic heterocycles. The summed E-state index contributed by atoms with van der Waals surface area (Å²) in [5, 5.41) is 3.30. The third-order valence-electron chi connectivity index (χ3n) is 4.52. The van der Waals surface area contributed by atoms with Crippen LogP contribution in [-0.4, -0.2) is 41.4 Å². The minimum absolute atomic E-state index is 0.232. The van der Waals surface area contributed by atoms with Gasteiger partial charge in [0, 0.05) is 18.1 Å². The van der Waals surface area contributed by atoms with Crippen molar-refractivity contribution < 1.29 is 27.5 Å². The lowest BCUT2D eigenvalue weighted by molar-refractivity contribution is -0.136. The van der Waals surface area contributed by atoms with Crippen LogP contribution < -0.4 is 10.1 Å². The molecule has 0 aliphatic rings. The number of ether oxygens (including phenoxy) is 1. The van der Waals surface area contributed by atoms with E-state index in [1.807, 2.05) is 6.92 Å². The molecule has 32 heavy (non-hydrogen) atoms. The first-order valence-electron chi connectivity index (χ1n) is 9.69. The Morgan fingerprint density at radius 2 is 1.91 bits per heavy atom. The normalized spacial score (nSPS) is 10.8. The maximum absolute atomic E-state index is 13.8. The van der Waals surface area contributed by atoms with E-state index in [1.165, 1.54) is 4.90 Å². The topological polar surface area (TPSA) is 71.5 Å². The van der Waals surface area contributed by atoms with Gasteiger partial charge < -0.3 is 15.0 Å². The molecule has 0 saturated carbocycles. The number of benzene rings is 2. The number of hydrogen-bond acceptors (Lipinski definition) is 4. The minimum Gasteiger partial charge on any atom is -0.481 e. The fourth-order valence-electron chi connectivity index (χ4n) is 3.01. The molecule has 0 unspecified atom stereocenters. The van der Waals surface area contributed by atoms with Crippen LogP contribution in [0.2, 0.25) is 5.02 Å². The van der Waals surface area contributed by atoms with Gasteiger partial charge in [-0.15, -0.1) is 0 Å². The molecule has 2 aromatic carbocycles. The summed E-state index contributed by atoms with van der Waals surface area (Å²) in [5.74, 6) is -5.49. The Bertz CT molecular complexity index is 1160. The van der Waals surface area contributed by atoms with Crippen LogP contribution in [0.25, 0.3) is 10.9 Å². The molecular formula is C22H19ClF3N3O3. The third kappa shape index (κ3) is 5.28. The molecule has 1 aromatic heterocycles. The number of aromatic nitrogens is 1. The van der Waals surface area contributed by atoms with Crippen LogP contribution in [0.15, 0.2) is 42.6 Å². The molecule has 0 bridgehead atoms. The smallest absolute Gasteiger partial charge is 0.260 e. The molecule has 10 heteroatoms. The molecule has 168 valence electrons. The van der Waals surface area contributed by atoms with Crippen molar-refractivity contribution in [3.05, 3.63) is 65.1 Å². The molecular weight excluding hydrogens is 447 g/mol. The molecule has 2 amide bonds. The maximum Gasteiger partial charge on any atom is 0.260 e. The largest absolute Gasteiger partial charge is 0.481 e. The number of anilines is 1. The Balaban J connectivity index is 1.67. The van der Waals surface area contributed by atoms with E-state index in [9.17, 15) is 22.8 Å². The molecule has 0 saturated heterocycles. The number of nitrogens with one attached hydrogen (secondary N) is 1. The molecule has 1 heterocycles. The van der Waals surface area contributed by atoms with Crippen LogP contribution in [0, 0.1) is 17.5 Å². The number of carbonyl (C=O) groups is 2. The molecule has 6 nitrogen and oxygen atoms in total. The Kier molecular flexibility index (Phi) is 7.53. The van der Waals surface area contributed by atoms with Gasteiger partial charge in [0.1, 0.15) is 11.3 Å². The van der Waals surface area contributed by atoms with E-state index in [0.717, 1.165) is 6.07 Å². The summed E-state index contributed by atoms with van der Waals surface area (Å²) in [5.41, 5.74) is -0.0332. The summed E-state index contributed by atoms with van der Waals surface area (Å²) in [6.45, 7) is 1.24.